The number of aryl methyl sites for hydroxylation is 1. The van der Waals surface area contributed by atoms with E-state index in [9.17, 15) is 4.79 Å². The second-order valence-corrected chi connectivity index (χ2v) is 6.11. The maximum absolute atomic E-state index is 12.2. The summed E-state index contributed by atoms with van der Waals surface area (Å²) in [6.45, 7) is 1.89. The zero-order valence-electron chi connectivity index (χ0n) is 12.4. The van der Waals surface area contributed by atoms with Gasteiger partial charge in [-0.1, -0.05) is 30.0 Å². The van der Waals surface area contributed by atoms with Gasteiger partial charge in [-0.2, -0.15) is 0 Å². The quantitative estimate of drug-likeness (QED) is 0.541. The lowest BCUT2D eigenvalue weighted by molar-refractivity contribution is 0.489. The predicted octanol–water partition coefficient (Wildman–Crippen LogP) is 3.44. The SMILES string of the molecule is Cc1cccc2nc(CSc3nc4ccccc4o3)cc(=O)n12. The molecule has 4 aromatic rings. The Labute approximate surface area is 136 Å². The predicted molar refractivity (Wildman–Crippen MR) is 89.8 cm³/mol. The molecule has 3 aromatic heterocycles. The summed E-state index contributed by atoms with van der Waals surface area (Å²) < 4.78 is 7.27. The van der Waals surface area contributed by atoms with Gasteiger partial charge in [0.15, 0.2) is 5.58 Å². The van der Waals surface area contributed by atoms with Crippen molar-refractivity contribution in [2.75, 3.05) is 0 Å². The van der Waals surface area contributed by atoms with Crippen molar-refractivity contribution in [2.24, 2.45) is 0 Å². The van der Waals surface area contributed by atoms with E-state index in [1.54, 1.807) is 10.5 Å². The molecule has 0 N–H and O–H groups in total. The fourth-order valence-electron chi connectivity index (χ4n) is 2.49. The van der Waals surface area contributed by atoms with Crippen molar-refractivity contribution < 1.29 is 4.42 Å². The fraction of sp³-hybridized carbons (Fsp3) is 0.118. The number of fused-ring (bicyclic) bond motifs is 2. The standard InChI is InChI=1S/C17H13N3O2S/c1-11-5-4-8-15-18-12(9-16(21)20(11)15)10-23-17-19-13-6-2-3-7-14(13)22-17/h2-9H,10H2,1H3. The Hall–Kier alpha value is -2.60. The van der Waals surface area contributed by atoms with Crippen molar-refractivity contribution in [3.05, 3.63) is 70.3 Å². The lowest BCUT2D eigenvalue weighted by atomic mass is 10.3. The maximum Gasteiger partial charge on any atom is 0.258 e. The number of thioether (sulfide) groups is 1. The zero-order chi connectivity index (χ0) is 15.8. The van der Waals surface area contributed by atoms with Gasteiger partial charge >= 0.3 is 0 Å². The van der Waals surface area contributed by atoms with Gasteiger partial charge in [-0.3, -0.25) is 9.20 Å². The first-order valence-corrected chi connectivity index (χ1v) is 8.16. The molecule has 4 rings (SSSR count). The highest BCUT2D eigenvalue weighted by Gasteiger charge is 2.08. The van der Waals surface area contributed by atoms with Crippen molar-refractivity contribution in [3.63, 3.8) is 0 Å². The molecule has 0 fully saturated rings. The van der Waals surface area contributed by atoms with Crippen LogP contribution >= 0.6 is 11.8 Å². The van der Waals surface area contributed by atoms with Crippen molar-refractivity contribution in [1.82, 2.24) is 14.4 Å². The minimum atomic E-state index is -0.0683. The first-order chi connectivity index (χ1) is 11.2. The van der Waals surface area contributed by atoms with E-state index in [1.807, 2.05) is 49.4 Å². The number of hydrogen-bond donors (Lipinski definition) is 0. The molecule has 5 nitrogen and oxygen atoms in total. The summed E-state index contributed by atoms with van der Waals surface area (Å²) in [5.74, 6) is 0.534. The zero-order valence-corrected chi connectivity index (χ0v) is 13.2. The van der Waals surface area contributed by atoms with Crippen LogP contribution in [0.3, 0.4) is 0 Å². The summed E-state index contributed by atoms with van der Waals surface area (Å²) in [5, 5.41) is 0.581. The van der Waals surface area contributed by atoms with Gasteiger partial charge in [0.1, 0.15) is 11.2 Å². The average Bonchev–Trinajstić information content (AvgIpc) is 2.95. The van der Waals surface area contributed by atoms with Crippen LogP contribution in [0.15, 0.2) is 63.0 Å². The molecule has 1 aromatic carbocycles. The Balaban J connectivity index is 1.64. The van der Waals surface area contributed by atoms with Crippen LogP contribution in [-0.2, 0) is 5.75 Å². The monoisotopic (exact) mass is 323 g/mol. The number of oxazole rings is 1. The van der Waals surface area contributed by atoms with Gasteiger partial charge in [0.2, 0.25) is 0 Å². The Bertz CT molecular complexity index is 1040. The summed E-state index contributed by atoms with van der Waals surface area (Å²) in [7, 11) is 0. The first-order valence-electron chi connectivity index (χ1n) is 7.17. The Morgan fingerprint density at radius 3 is 2.87 bits per heavy atom. The molecule has 6 heteroatoms. The molecule has 0 bridgehead atoms. The third-order valence-corrected chi connectivity index (χ3v) is 4.41. The highest BCUT2D eigenvalue weighted by Crippen LogP contribution is 2.25. The topological polar surface area (TPSA) is 60.4 Å². The summed E-state index contributed by atoms with van der Waals surface area (Å²) in [4.78, 5) is 21.2. The van der Waals surface area contributed by atoms with Crippen LogP contribution in [0.4, 0.5) is 0 Å². The molecule has 3 heterocycles. The van der Waals surface area contributed by atoms with Gasteiger partial charge in [-0.05, 0) is 31.2 Å². The van der Waals surface area contributed by atoms with Crippen LogP contribution in [0.5, 0.6) is 0 Å². The van der Waals surface area contributed by atoms with Crippen LogP contribution in [0.2, 0.25) is 0 Å². The lowest BCUT2D eigenvalue weighted by Gasteiger charge is -2.05. The highest BCUT2D eigenvalue weighted by molar-refractivity contribution is 7.98. The van der Waals surface area contributed by atoms with E-state index in [0.29, 0.717) is 22.3 Å². The summed E-state index contributed by atoms with van der Waals surface area (Å²) in [6, 6.07) is 14.8. The van der Waals surface area contributed by atoms with Crippen molar-refractivity contribution in [3.8, 4) is 0 Å². The molecular weight excluding hydrogens is 310 g/mol. The molecule has 0 amide bonds. The van der Waals surface area contributed by atoms with Gasteiger partial charge < -0.3 is 4.42 Å². The minimum absolute atomic E-state index is 0.0683. The third-order valence-electron chi connectivity index (χ3n) is 3.55. The Kier molecular flexibility index (Phi) is 3.38. The van der Waals surface area contributed by atoms with Crippen molar-refractivity contribution in [1.29, 1.82) is 0 Å². The number of hydrogen-bond acceptors (Lipinski definition) is 5. The van der Waals surface area contributed by atoms with Crippen LogP contribution < -0.4 is 5.56 Å². The second-order valence-electron chi connectivity index (χ2n) is 5.18. The van der Waals surface area contributed by atoms with Crippen LogP contribution in [0, 0.1) is 6.92 Å². The highest BCUT2D eigenvalue weighted by atomic mass is 32.2. The van der Waals surface area contributed by atoms with E-state index in [2.05, 4.69) is 9.97 Å². The van der Waals surface area contributed by atoms with E-state index < -0.39 is 0 Å². The number of nitrogens with zero attached hydrogens (tertiary/aromatic N) is 3. The van der Waals surface area contributed by atoms with Crippen LogP contribution in [-0.4, -0.2) is 14.4 Å². The number of pyridine rings is 1. The minimum Gasteiger partial charge on any atom is -0.431 e. The molecule has 0 aliphatic heterocycles. The number of para-hydroxylation sites is 2. The lowest BCUT2D eigenvalue weighted by Crippen LogP contribution is -2.17. The summed E-state index contributed by atoms with van der Waals surface area (Å²) >= 11 is 1.43. The molecule has 0 radical (unpaired) electrons. The normalized spacial score (nSPS) is 11.3. The van der Waals surface area contributed by atoms with Gasteiger partial charge in [-0.25, -0.2) is 9.97 Å². The fourth-order valence-corrected chi connectivity index (χ4v) is 3.22. The average molecular weight is 323 g/mol. The molecule has 0 atom stereocenters. The largest absolute Gasteiger partial charge is 0.431 e. The first kappa shape index (κ1) is 14.0. The second kappa shape index (κ2) is 5.55. The maximum atomic E-state index is 12.2. The van der Waals surface area contributed by atoms with Crippen LogP contribution in [0.25, 0.3) is 16.7 Å². The smallest absolute Gasteiger partial charge is 0.258 e. The van der Waals surface area contributed by atoms with E-state index in [1.165, 1.54) is 11.8 Å². The number of rotatable bonds is 3. The van der Waals surface area contributed by atoms with Gasteiger partial charge in [0.25, 0.3) is 10.8 Å². The Morgan fingerprint density at radius 2 is 2.00 bits per heavy atom. The molecular formula is C17H13N3O2S. The Morgan fingerprint density at radius 1 is 1.13 bits per heavy atom. The number of aromatic nitrogens is 3. The van der Waals surface area contributed by atoms with E-state index in [0.717, 1.165) is 16.8 Å². The van der Waals surface area contributed by atoms with Gasteiger partial charge in [-0.15, -0.1) is 0 Å². The number of benzene rings is 1. The summed E-state index contributed by atoms with van der Waals surface area (Å²) in [6.07, 6.45) is 0. The molecule has 0 aliphatic carbocycles. The van der Waals surface area contributed by atoms with E-state index in [4.69, 9.17) is 4.42 Å². The van der Waals surface area contributed by atoms with E-state index in [-0.39, 0.29) is 5.56 Å². The molecule has 23 heavy (non-hydrogen) atoms. The molecule has 0 saturated heterocycles. The van der Waals surface area contributed by atoms with E-state index >= 15 is 0 Å². The molecule has 0 spiro atoms. The molecule has 0 unspecified atom stereocenters. The van der Waals surface area contributed by atoms with Crippen molar-refractivity contribution in [2.45, 2.75) is 17.9 Å². The third kappa shape index (κ3) is 2.61. The molecule has 0 saturated carbocycles. The molecule has 114 valence electrons. The van der Waals surface area contributed by atoms with Crippen LogP contribution in [0.1, 0.15) is 11.4 Å². The molecule has 0 aliphatic rings. The van der Waals surface area contributed by atoms with Gasteiger partial charge in [0, 0.05) is 17.5 Å². The summed E-state index contributed by atoms with van der Waals surface area (Å²) in [5.41, 5.74) is 3.77. The van der Waals surface area contributed by atoms with Gasteiger partial charge in [0.05, 0.1) is 5.69 Å². The van der Waals surface area contributed by atoms with Crippen molar-refractivity contribution >= 4 is 28.5 Å².